The number of carbonyl (C=O) groups is 1. The van der Waals surface area contributed by atoms with Crippen LogP contribution in [0.4, 0.5) is 0 Å². The summed E-state index contributed by atoms with van der Waals surface area (Å²) in [6.45, 7) is 9.41. The minimum atomic E-state index is -0.446. The van der Waals surface area contributed by atoms with Gasteiger partial charge in [-0.15, -0.1) is 0 Å². The van der Waals surface area contributed by atoms with Crippen molar-refractivity contribution in [1.29, 1.82) is 0 Å². The van der Waals surface area contributed by atoms with Crippen molar-refractivity contribution in [3.8, 4) is 0 Å². The van der Waals surface area contributed by atoms with Gasteiger partial charge in [0.25, 0.3) is 0 Å². The number of aliphatic hydroxyl groups is 1. The van der Waals surface area contributed by atoms with E-state index in [-0.39, 0.29) is 23.7 Å². The molecule has 0 fully saturated rings. The number of allylic oxidation sites excluding steroid dienone is 1. The van der Waals surface area contributed by atoms with Crippen molar-refractivity contribution in [1.82, 2.24) is 0 Å². The number of rotatable bonds is 3. The van der Waals surface area contributed by atoms with E-state index < -0.39 is 6.10 Å². The maximum atomic E-state index is 11.9. The first-order valence-corrected chi connectivity index (χ1v) is 5.99. The van der Waals surface area contributed by atoms with Crippen LogP contribution in [0.3, 0.4) is 0 Å². The molecule has 16 heavy (non-hydrogen) atoms. The first-order valence-electron chi connectivity index (χ1n) is 5.99. The molecule has 0 saturated heterocycles. The Morgan fingerprint density at radius 3 is 2.50 bits per heavy atom. The van der Waals surface area contributed by atoms with Crippen LogP contribution in [0.2, 0.25) is 0 Å². The molecule has 1 aliphatic rings. The van der Waals surface area contributed by atoms with Crippen molar-refractivity contribution < 1.29 is 14.6 Å². The van der Waals surface area contributed by atoms with Crippen LogP contribution in [-0.4, -0.2) is 23.1 Å². The molecule has 3 nitrogen and oxygen atoms in total. The second-order valence-electron chi connectivity index (χ2n) is 4.73. The van der Waals surface area contributed by atoms with E-state index in [1.54, 1.807) is 6.92 Å². The van der Waals surface area contributed by atoms with Gasteiger partial charge in [-0.3, -0.25) is 4.79 Å². The molecule has 0 aromatic carbocycles. The summed E-state index contributed by atoms with van der Waals surface area (Å²) < 4.78 is 5.76. The number of Topliss-reactive ketones (excluding diaryl/α,β-unsaturated/α-hetero) is 1. The molecule has 4 unspecified atom stereocenters. The van der Waals surface area contributed by atoms with E-state index in [1.807, 2.05) is 27.7 Å². The van der Waals surface area contributed by atoms with Crippen LogP contribution in [0.15, 0.2) is 11.3 Å². The number of ketones is 1. The first-order chi connectivity index (χ1) is 7.40. The molecule has 1 heterocycles. The lowest BCUT2D eigenvalue weighted by molar-refractivity contribution is -0.125. The third kappa shape index (κ3) is 2.29. The molecule has 3 heteroatoms. The Kier molecular flexibility index (Phi) is 4.14. The van der Waals surface area contributed by atoms with Crippen molar-refractivity contribution in [2.45, 2.75) is 53.2 Å². The minimum absolute atomic E-state index is 0.0882. The molecule has 0 aromatic rings. The Balaban J connectivity index is 2.99. The Morgan fingerprint density at radius 2 is 2.00 bits per heavy atom. The second kappa shape index (κ2) is 5.00. The quantitative estimate of drug-likeness (QED) is 0.803. The van der Waals surface area contributed by atoms with Gasteiger partial charge in [-0.1, -0.05) is 20.8 Å². The van der Waals surface area contributed by atoms with Gasteiger partial charge in [0.15, 0.2) is 5.78 Å². The number of hydrogen-bond acceptors (Lipinski definition) is 3. The fourth-order valence-corrected chi connectivity index (χ4v) is 2.04. The van der Waals surface area contributed by atoms with Gasteiger partial charge in [-0.2, -0.15) is 0 Å². The van der Waals surface area contributed by atoms with Crippen LogP contribution in [0.5, 0.6) is 0 Å². The maximum Gasteiger partial charge on any atom is 0.168 e. The molecule has 0 amide bonds. The predicted octanol–water partition coefficient (Wildman–Crippen LogP) is 2.29. The largest absolute Gasteiger partial charge is 0.494 e. The predicted molar refractivity (Wildman–Crippen MR) is 62.9 cm³/mol. The van der Waals surface area contributed by atoms with Crippen molar-refractivity contribution in [2.24, 2.45) is 11.8 Å². The summed E-state index contributed by atoms with van der Waals surface area (Å²) in [7, 11) is 0. The molecule has 4 atom stereocenters. The molecule has 0 radical (unpaired) electrons. The maximum absolute atomic E-state index is 11.9. The highest BCUT2D eigenvalue weighted by Gasteiger charge is 2.34. The zero-order chi connectivity index (χ0) is 12.5. The first kappa shape index (κ1) is 13.2. The second-order valence-corrected chi connectivity index (χ2v) is 4.73. The lowest BCUT2D eigenvalue weighted by Crippen LogP contribution is -2.35. The lowest BCUT2D eigenvalue weighted by Gasteiger charge is -2.33. The highest BCUT2D eigenvalue weighted by atomic mass is 16.5. The van der Waals surface area contributed by atoms with Crippen molar-refractivity contribution >= 4 is 5.78 Å². The highest BCUT2D eigenvalue weighted by Crippen LogP contribution is 2.31. The number of aliphatic hydroxyl groups excluding tert-OH is 1. The fraction of sp³-hybridized carbons (Fsp3) is 0.769. The van der Waals surface area contributed by atoms with Gasteiger partial charge in [0.1, 0.15) is 11.9 Å². The topological polar surface area (TPSA) is 46.5 Å². The molecule has 1 rings (SSSR count). The zero-order valence-corrected chi connectivity index (χ0v) is 10.8. The SMILES string of the molecule is CCC(O)C(C)C1=C(C)C(=O)C(C)C(C)O1. The van der Waals surface area contributed by atoms with E-state index in [1.165, 1.54) is 0 Å². The molecule has 0 bridgehead atoms. The average Bonchev–Trinajstić information content (AvgIpc) is 2.29. The number of ether oxygens (including phenoxy) is 1. The lowest BCUT2D eigenvalue weighted by atomic mass is 9.87. The van der Waals surface area contributed by atoms with Crippen molar-refractivity contribution in [3.63, 3.8) is 0 Å². The Hall–Kier alpha value is -0.830. The summed E-state index contributed by atoms with van der Waals surface area (Å²) in [5, 5.41) is 9.81. The third-order valence-corrected chi connectivity index (χ3v) is 3.58. The summed E-state index contributed by atoms with van der Waals surface area (Å²) in [6, 6.07) is 0. The molecule has 0 saturated carbocycles. The Morgan fingerprint density at radius 1 is 1.44 bits per heavy atom. The zero-order valence-electron chi connectivity index (χ0n) is 10.8. The van der Waals surface area contributed by atoms with Crippen molar-refractivity contribution in [2.75, 3.05) is 0 Å². The van der Waals surface area contributed by atoms with E-state index in [9.17, 15) is 9.90 Å². The number of carbonyl (C=O) groups excluding carboxylic acids is 1. The smallest absolute Gasteiger partial charge is 0.168 e. The molecular formula is C13H22O3. The molecule has 92 valence electrons. The van der Waals surface area contributed by atoms with Crippen LogP contribution >= 0.6 is 0 Å². The summed E-state index contributed by atoms with van der Waals surface area (Å²) in [5.74, 6) is 0.618. The van der Waals surface area contributed by atoms with Crippen LogP contribution in [0, 0.1) is 11.8 Å². The van der Waals surface area contributed by atoms with Crippen LogP contribution < -0.4 is 0 Å². The molecule has 1 N–H and O–H groups in total. The van der Waals surface area contributed by atoms with Crippen LogP contribution in [-0.2, 0) is 9.53 Å². The molecule has 1 aliphatic heterocycles. The number of hydrogen-bond donors (Lipinski definition) is 1. The molecule has 0 spiro atoms. The monoisotopic (exact) mass is 226 g/mol. The van der Waals surface area contributed by atoms with Gasteiger partial charge in [-0.25, -0.2) is 0 Å². The molecule has 0 aromatic heterocycles. The minimum Gasteiger partial charge on any atom is -0.494 e. The fourth-order valence-electron chi connectivity index (χ4n) is 2.04. The average molecular weight is 226 g/mol. The Labute approximate surface area is 97.5 Å². The summed E-state index contributed by atoms with van der Waals surface area (Å²) in [5.41, 5.74) is 0.672. The van der Waals surface area contributed by atoms with Gasteiger partial charge in [0.2, 0.25) is 0 Å². The van der Waals surface area contributed by atoms with E-state index in [4.69, 9.17) is 4.74 Å². The van der Waals surface area contributed by atoms with E-state index in [0.717, 1.165) is 0 Å². The van der Waals surface area contributed by atoms with E-state index in [0.29, 0.717) is 17.8 Å². The van der Waals surface area contributed by atoms with Crippen LogP contribution in [0.1, 0.15) is 41.0 Å². The van der Waals surface area contributed by atoms with Crippen LogP contribution in [0.25, 0.3) is 0 Å². The van der Waals surface area contributed by atoms with E-state index in [2.05, 4.69) is 0 Å². The standard InChI is InChI=1S/C13H22O3/c1-6-11(14)8(3)13-9(4)12(15)7(2)10(5)16-13/h7-8,10-11,14H,6H2,1-5H3. The third-order valence-electron chi connectivity index (χ3n) is 3.58. The van der Waals surface area contributed by atoms with Gasteiger partial charge >= 0.3 is 0 Å². The van der Waals surface area contributed by atoms with Gasteiger partial charge < -0.3 is 9.84 Å². The summed E-state index contributed by atoms with van der Waals surface area (Å²) in [4.78, 5) is 11.9. The molecular weight excluding hydrogens is 204 g/mol. The highest BCUT2D eigenvalue weighted by molar-refractivity contribution is 5.97. The van der Waals surface area contributed by atoms with Gasteiger partial charge in [0, 0.05) is 11.5 Å². The van der Waals surface area contributed by atoms with Gasteiger partial charge in [-0.05, 0) is 20.3 Å². The van der Waals surface area contributed by atoms with E-state index >= 15 is 0 Å². The normalized spacial score (nSPS) is 30.0. The van der Waals surface area contributed by atoms with Gasteiger partial charge in [0.05, 0.1) is 12.0 Å². The molecule has 0 aliphatic carbocycles. The van der Waals surface area contributed by atoms with Crippen molar-refractivity contribution in [3.05, 3.63) is 11.3 Å². The Bertz CT molecular complexity index is 306. The summed E-state index contributed by atoms with van der Waals surface area (Å²) >= 11 is 0. The summed E-state index contributed by atoms with van der Waals surface area (Å²) in [6.07, 6.45) is 0.121.